The average Bonchev–Trinajstić information content (AvgIpc) is 2.34. The number of esters is 1. The maximum atomic E-state index is 10.9. The predicted molar refractivity (Wildman–Crippen MR) is 89.8 cm³/mol. The van der Waals surface area contributed by atoms with Crippen molar-refractivity contribution in [3.8, 4) is 0 Å². The summed E-state index contributed by atoms with van der Waals surface area (Å²) in [5, 5.41) is 3.08. The molecule has 0 aliphatic carbocycles. The molecule has 0 fully saturated rings. The quantitative estimate of drug-likeness (QED) is 0.210. The monoisotopic (exact) mass is 385 g/mol. The van der Waals surface area contributed by atoms with E-state index in [1.807, 2.05) is 0 Å². The predicted octanol–water partition coefficient (Wildman–Crippen LogP) is 2.29. The molecule has 5 nitrogen and oxygen atoms in total. The van der Waals surface area contributed by atoms with Crippen LogP contribution < -0.4 is 11.1 Å². The second-order valence-corrected chi connectivity index (χ2v) is 4.79. The average molecular weight is 385 g/mol. The van der Waals surface area contributed by atoms with E-state index in [0.29, 0.717) is 18.3 Å². The minimum Gasteiger partial charge on any atom is -0.469 e. The number of unbranched alkanes of at least 4 members (excludes halogenated alkanes) is 3. The van der Waals surface area contributed by atoms with E-state index >= 15 is 0 Å². The van der Waals surface area contributed by atoms with Gasteiger partial charge in [-0.05, 0) is 18.8 Å². The van der Waals surface area contributed by atoms with Gasteiger partial charge in [-0.25, -0.2) is 0 Å². The fraction of sp³-hybridized carbons (Fsp3) is 0.846. The Morgan fingerprint density at radius 1 is 1.26 bits per heavy atom. The molecule has 0 spiro atoms. The summed E-state index contributed by atoms with van der Waals surface area (Å²) in [7, 11) is 1.42. The van der Waals surface area contributed by atoms with Crippen LogP contribution in [0.5, 0.6) is 0 Å². The molecule has 114 valence electrons. The molecule has 0 saturated carbocycles. The van der Waals surface area contributed by atoms with Gasteiger partial charge in [0.1, 0.15) is 0 Å². The van der Waals surface area contributed by atoms with Crippen LogP contribution in [0.4, 0.5) is 0 Å². The molecule has 0 saturated heterocycles. The standard InChI is InChI=1S/C13H27N3O2.HI/c1-11(2)10-16-13(14)15-9-7-5-4-6-8-12(17)18-3;/h11H,4-10H2,1-3H3,(H3,14,15,16);1H. The number of rotatable bonds is 9. The Bertz CT molecular complexity index is 258. The number of nitrogens with zero attached hydrogens (tertiary/aromatic N) is 1. The second-order valence-electron chi connectivity index (χ2n) is 4.79. The topological polar surface area (TPSA) is 76.7 Å². The maximum absolute atomic E-state index is 10.9. The van der Waals surface area contributed by atoms with Gasteiger partial charge in [-0.3, -0.25) is 9.79 Å². The third kappa shape index (κ3) is 15.4. The van der Waals surface area contributed by atoms with Crippen molar-refractivity contribution < 1.29 is 9.53 Å². The van der Waals surface area contributed by atoms with Gasteiger partial charge in [-0.2, -0.15) is 0 Å². The number of guanidine groups is 1. The Labute approximate surface area is 133 Å². The molecule has 0 rings (SSSR count). The minimum absolute atomic E-state index is 0. The first-order chi connectivity index (χ1) is 8.56. The molecular weight excluding hydrogens is 357 g/mol. The summed E-state index contributed by atoms with van der Waals surface area (Å²) in [4.78, 5) is 15.1. The number of carbonyl (C=O) groups excluding carboxylic acids is 1. The summed E-state index contributed by atoms with van der Waals surface area (Å²) in [5.74, 6) is 0.931. The molecule has 0 heterocycles. The van der Waals surface area contributed by atoms with E-state index in [0.717, 1.165) is 38.8 Å². The van der Waals surface area contributed by atoms with Gasteiger partial charge in [0.05, 0.1) is 7.11 Å². The van der Waals surface area contributed by atoms with Gasteiger partial charge >= 0.3 is 5.97 Å². The zero-order valence-corrected chi connectivity index (χ0v) is 14.6. The lowest BCUT2D eigenvalue weighted by Gasteiger charge is -2.06. The molecule has 0 bridgehead atoms. The smallest absolute Gasteiger partial charge is 0.305 e. The molecule has 0 amide bonds. The van der Waals surface area contributed by atoms with Crippen LogP contribution in [-0.4, -0.2) is 32.1 Å². The van der Waals surface area contributed by atoms with Gasteiger partial charge in [0, 0.05) is 19.5 Å². The molecule has 0 aromatic rings. The van der Waals surface area contributed by atoms with Crippen LogP contribution in [0, 0.1) is 5.92 Å². The van der Waals surface area contributed by atoms with Crippen LogP contribution in [0.25, 0.3) is 0 Å². The molecule has 0 aromatic heterocycles. The Morgan fingerprint density at radius 2 is 1.89 bits per heavy atom. The largest absolute Gasteiger partial charge is 0.469 e. The van der Waals surface area contributed by atoms with Crippen molar-refractivity contribution >= 4 is 35.9 Å². The zero-order valence-electron chi connectivity index (χ0n) is 12.3. The number of hydrogen-bond acceptors (Lipinski definition) is 3. The lowest BCUT2D eigenvalue weighted by molar-refractivity contribution is -0.140. The molecule has 3 N–H and O–H groups in total. The lowest BCUT2D eigenvalue weighted by Crippen LogP contribution is -2.32. The van der Waals surface area contributed by atoms with E-state index in [4.69, 9.17) is 5.73 Å². The van der Waals surface area contributed by atoms with Crippen LogP contribution >= 0.6 is 24.0 Å². The van der Waals surface area contributed by atoms with Crippen molar-refractivity contribution in [1.29, 1.82) is 0 Å². The molecule has 0 unspecified atom stereocenters. The molecule has 0 aliphatic heterocycles. The van der Waals surface area contributed by atoms with Crippen LogP contribution in [0.2, 0.25) is 0 Å². The van der Waals surface area contributed by atoms with Gasteiger partial charge in [0.15, 0.2) is 5.96 Å². The first kappa shape index (κ1) is 20.8. The Hall–Kier alpha value is -0.530. The van der Waals surface area contributed by atoms with Crippen molar-refractivity contribution in [2.75, 3.05) is 20.2 Å². The fourth-order valence-electron chi connectivity index (χ4n) is 1.40. The van der Waals surface area contributed by atoms with E-state index in [9.17, 15) is 4.79 Å². The molecule has 0 radical (unpaired) electrons. The third-order valence-corrected chi connectivity index (χ3v) is 2.47. The van der Waals surface area contributed by atoms with Crippen LogP contribution in [0.15, 0.2) is 4.99 Å². The fourth-order valence-corrected chi connectivity index (χ4v) is 1.40. The molecule has 0 aliphatic rings. The van der Waals surface area contributed by atoms with Gasteiger partial charge in [0.25, 0.3) is 0 Å². The number of nitrogens with one attached hydrogen (secondary N) is 1. The summed E-state index contributed by atoms with van der Waals surface area (Å²) in [6, 6.07) is 0. The van der Waals surface area contributed by atoms with E-state index in [1.165, 1.54) is 7.11 Å². The first-order valence-corrected chi connectivity index (χ1v) is 6.67. The van der Waals surface area contributed by atoms with Crippen LogP contribution in [-0.2, 0) is 9.53 Å². The summed E-state index contributed by atoms with van der Waals surface area (Å²) in [6.07, 6.45) is 4.58. The highest BCUT2D eigenvalue weighted by Gasteiger charge is 1.99. The summed E-state index contributed by atoms with van der Waals surface area (Å²) in [5.41, 5.74) is 5.70. The van der Waals surface area contributed by atoms with Crippen LogP contribution in [0.1, 0.15) is 46.0 Å². The number of halogens is 1. The highest BCUT2D eigenvalue weighted by atomic mass is 127. The van der Waals surface area contributed by atoms with E-state index in [1.54, 1.807) is 0 Å². The van der Waals surface area contributed by atoms with Crippen molar-refractivity contribution in [3.63, 3.8) is 0 Å². The van der Waals surface area contributed by atoms with Crippen LogP contribution in [0.3, 0.4) is 0 Å². The normalized spacial score (nSPS) is 11.1. The van der Waals surface area contributed by atoms with Gasteiger partial charge < -0.3 is 15.8 Å². The van der Waals surface area contributed by atoms with Crippen molar-refractivity contribution in [3.05, 3.63) is 0 Å². The van der Waals surface area contributed by atoms with Crippen molar-refractivity contribution in [1.82, 2.24) is 5.32 Å². The molecular formula is C13H28IN3O2. The maximum Gasteiger partial charge on any atom is 0.305 e. The number of methoxy groups -OCH3 is 1. The molecule has 6 heteroatoms. The van der Waals surface area contributed by atoms with Gasteiger partial charge in [-0.1, -0.05) is 26.7 Å². The van der Waals surface area contributed by atoms with E-state index in [-0.39, 0.29) is 29.9 Å². The van der Waals surface area contributed by atoms with E-state index in [2.05, 4.69) is 28.9 Å². The van der Waals surface area contributed by atoms with Gasteiger partial charge in [0.2, 0.25) is 0 Å². The number of nitrogens with two attached hydrogens (primary N) is 1. The number of aliphatic imine (C=N–C) groups is 1. The first-order valence-electron chi connectivity index (χ1n) is 6.67. The minimum atomic E-state index is -0.127. The highest BCUT2D eigenvalue weighted by Crippen LogP contribution is 2.03. The number of ether oxygens (including phenoxy) is 1. The van der Waals surface area contributed by atoms with Crippen molar-refractivity contribution in [2.45, 2.75) is 46.0 Å². The Kier molecular flexibility index (Phi) is 15.2. The lowest BCUT2D eigenvalue weighted by atomic mass is 10.1. The Balaban J connectivity index is 0. The molecule has 19 heavy (non-hydrogen) atoms. The highest BCUT2D eigenvalue weighted by molar-refractivity contribution is 14.0. The summed E-state index contributed by atoms with van der Waals surface area (Å²) >= 11 is 0. The van der Waals surface area contributed by atoms with Crippen molar-refractivity contribution in [2.24, 2.45) is 16.6 Å². The zero-order chi connectivity index (χ0) is 13.8. The third-order valence-electron chi connectivity index (χ3n) is 2.47. The summed E-state index contributed by atoms with van der Waals surface area (Å²) < 4.78 is 4.57. The van der Waals surface area contributed by atoms with E-state index < -0.39 is 0 Å². The number of carbonyl (C=O) groups is 1. The molecule has 0 atom stereocenters. The number of hydrogen-bond donors (Lipinski definition) is 2. The van der Waals surface area contributed by atoms with Gasteiger partial charge in [-0.15, -0.1) is 24.0 Å². The second kappa shape index (κ2) is 13.9. The SMILES string of the molecule is COC(=O)CCCCCCNC(N)=NCC(C)C.I. The molecule has 0 aromatic carbocycles. The Morgan fingerprint density at radius 3 is 2.47 bits per heavy atom. The summed E-state index contributed by atoms with van der Waals surface area (Å²) in [6.45, 7) is 5.82.